The van der Waals surface area contributed by atoms with Crippen LogP contribution in [0.1, 0.15) is 0 Å². The fourth-order valence-electron chi connectivity index (χ4n) is 0.238. The molecule has 0 aromatic heterocycles. The van der Waals surface area contributed by atoms with Crippen molar-refractivity contribution in [3.63, 3.8) is 0 Å². The molecule has 1 radical (unpaired) electrons. The highest BCUT2D eigenvalue weighted by molar-refractivity contribution is 6.51. The predicted octanol–water partition coefficient (Wildman–Crippen LogP) is 1.69. The van der Waals surface area contributed by atoms with Gasteiger partial charge in [0.1, 0.15) is 0 Å². The quantitative estimate of drug-likeness (QED) is 0.499. The third kappa shape index (κ3) is 2.40. The molecule has 0 fully saturated rings. The van der Waals surface area contributed by atoms with Crippen molar-refractivity contribution < 1.29 is 4.79 Å². The van der Waals surface area contributed by atoms with E-state index < -0.39 is 10.5 Å². The van der Waals surface area contributed by atoms with E-state index in [2.05, 4.69) is 0 Å². The van der Waals surface area contributed by atoms with Gasteiger partial charge in [-0.2, -0.15) is 0 Å². The lowest BCUT2D eigenvalue weighted by Crippen LogP contribution is -2.42. The van der Waals surface area contributed by atoms with Gasteiger partial charge >= 0.3 is 6.03 Å². The normalized spacial score (nSPS) is 11.2. The molecule has 0 unspecified atom stereocenters. The maximum atomic E-state index is 10.3. The smallest absolute Gasteiger partial charge is 0.293 e. The number of halogens is 3. The molecule has 0 aromatic carbocycles. The summed E-state index contributed by atoms with van der Waals surface area (Å²) in [5, 5.41) is 0. The lowest BCUT2D eigenvalue weighted by molar-refractivity contribution is 0.209. The molecular formula is C4H6Cl3N2O. The van der Waals surface area contributed by atoms with Crippen molar-refractivity contribution in [2.45, 2.75) is 4.46 Å². The first-order chi connectivity index (χ1) is 4.41. The summed E-state index contributed by atoms with van der Waals surface area (Å²) in [7, 11) is 1.30. The van der Waals surface area contributed by atoms with Crippen LogP contribution in [-0.4, -0.2) is 28.3 Å². The van der Waals surface area contributed by atoms with Crippen LogP contribution in [0, 0.1) is 0 Å². The maximum absolute atomic E-state index is 10.3. The molecule has 0 atom stereocenters. The molecule has 6 heteroatoms. The molecule has 0 saturated carbocycles. The van der Waals surface area contributed by atoms with Gasteiger partial charge in [0.05, 0.1) is 5.88 Å². The minimum Gasteiger partial charge on any atom is -0.293 e. The molecule has 0 aromatic rings. The van der Waals surface area contributed by atoms with Crippen molar-refractivity contribution in [3.05, 3.63) is 0 Å². The van der Waals surface area contributed by atoms with Gasteiger partial charge in [0, 0.05) is 7.05 Å². The van der Waals surface area contributed by atoms with Gasteiger partial charge in [0.15, 0.2) is 0 Å². The molecule has 0 spiro atoms. The second kappa shape index (κ2) is 3.51. The number of nitrogens with one attached hydrogen (secondary N) is 1. The largest absolute Gasteiger partial charge is 0.338 e. The first-order valence-corrected chi connectivity index (χ1v) is 3.64. The summed E-state index contributed by atoms with van der Waals surface area (Å²) in [6.07, 6.45) is 0. The Morgan fingerprint density at radius 1 is 1.70 bits per heavy atom. The van der Waals surface area contributed by atoms with Crippen LogP contribution in [0.15, 0.2) is 0 Å². The molecule has 0 bridgehead atoms. The number of urea groups is 1. The topological polar surface area (TPSA) is 44.1 Å². The fourth-order valence-corrected chi connectivity index (χ4v) is 0.571. The second-order valence-corrected chi connectivity index (χ2v) is 3.37. The standard InChI is InChI=1S/C4H6Cl3N2O/c1-9(3(8)10)4(6,7)2-5/h8H,2H2,1H3. The lowest BCUT2D eigenvalue weighted by Gasteiger charge is -2.26. The zero-order valence-corrected chi connectivity index (χ0v) is 7.46. The number of amides is 2. The van der Waals surface area contributed by atoms with Crippen molar-refractivity contribution in [3.8, 4) is 0 Å². The van der Waals surface area contributed by atoms with Crippen molar-refractivity contribution in [1.82, 2.24) is 10.6 Å². The molecule has 0 saturated heterocycles. The highest BCUT2D eigenvalue weighted by Gasteiger charge is 2.30. The summed E-state index contributed by atoms with van der Waals surface area (Å²) in [4.78, 5) is 11.2. The first kappa shape index (κ1) is 10.1. The minimum absolute atomic E-state index is 0.128. The Balaban J connectivity index is 4.17. The number of alkyl halides is 3. The zero-order chi connectivity index (χ0) is 8.36. The Morgan fingerprint density at radius 3 is 2.20 bits per heavy atom. The SMILES string of the molecule is CN(C([NH])=O)C(Cl)(Cl)CCl. The van der Waals surface area contributed by atoms with Gasteiger partial charge in [-0.05, 0) is 0 Å². The van der Waals surface area contributed by atoms with E-state index in [0.717, 1.165) is 4.90 Å². The molecule has 3 nitrogen and oxygen atoms in total. The minimum atomic E-state index is -1.47. The van der Waals surface area contributed by atoms with Gasteiger partial charge in [-0.3, -0.25) is 4.90 Å². The molecule has 10 heavy (non-hydrogen) atoms. The number of hydrogen-bond acceptors (Lipinski definition) is 1. The van der Waals surface area contributed by atoms with Crippen molar-refractivity contribution in [2.75, 3.05) is 12.9 Å². The first-order valence-electron chi connectivity index (χ1n) is 2.35. The van der Waals surface area contributed by atoms with E-state index >= 15 is 0 Å². The summed E-state index contributed by atoms with van der Waals surface area (Å²) in [6.45, 7) is 0. The number of carbonyl (C=O) groups is 1. The number of carbonyl (C=O) groups excluding carboxylic acids is 1. The van der Waals surface area contributed by atoms with E-state index in [4.69, 9.17) is 40.5 Å². The van der Waals surface area contributed by atoms with Crippen LogP contribution in [0.4, 0.5) is 4.79 Å². The van der Waals surface area contributed by atoms with Crippen LogP contribution in [0.25, 0.3) is 0 Å². The summed E-state index contributed by atoms with van der Waals surface area (Å²) in [6, 6.07) is -0.967. The van der Waals surface area contributed by atoms with Crippen LogP contribution in [0.2, 0.25) is 0 Å². The van der Waals surface area contributed by atoms with E-state index in [1.807, 2.05) is 0 Å². The highest BCUT2D eigenvalue weighted by Crippen LogP contribution is 2.25. The fraction of sp³-hybridized carbons (Fsp3) is 0.750. The summed E-state index contributed by atoms with van der Waals surface area (Å²) in [5.74, 6) is -0.128. The van der Waals surface area contributed by atoms with Gasteiger partial charge in [0.25, 0.3) is 0 Å². The Labute approximate surface area is 74.0 Å². The molecule has 0 aliphatic rings. The number of hydrogen-bond donors (Lipinski definition) is 0. The predicted molar refractivity (Wildman–Crippen MR) is 41.4 cm³/mol. The summed E-state index contributed by atoms with van der Waals surface area (Å²) in [5.41, 5.74) is 6.60. The molecule has 0 rings (SSSR count). The third-order valence-electron chi connectivity index (χ3n) is 0.956. The van der Waals surface area contributed by atoms with Gasteiger partial charge in [-0.25, -0.2) is 10.5 Å². The zero-order valence-electron chi connectivity index (χ0n) is 5.20. The molecule has 0 aliphatic heterocycles. The molecule has 1 N–H and O–H groups in total. The Kier molecular flexibility index (Phi) is 3.56. The molecule has 2 amide bonds. The van der Waals surface area contributed by atoms with Crippen molar-refractivity contribution >= 4 is 40.8 Å². The van der Waals surface area contributed by atoms with Crippen LogP contribution < -0.4 is 5.73 Å². The molecule has 59 valence electrons. The second-order valence-electron chi connectivity index (χ2n) is 1.66. The van der Waals surface area contributed by atoms with Gasteiger partial charge < -0.3 is 0 Å². The Hall–Kier alpha value is 0.140. The van der Waals surface area contributed by atoms with Crippen molar-refractivity contribution in [2.24, 2.45) is 0 Å². The van der Waals surface area contributed by atoms with E-state index in [0.29, 0.717) is 0 Å². The van der Waals surface area contributed by atoms with Gasteiger partial charge in [-0.1, -0.05) is 23.2 Å². The van der Waals surface area contributed by atoms with Crippen LogP contribution in [0.3, 0.4) is 0 Å². The number of rotatable bonds is 2. The van der Waals surface area contributed by atoms with Gasteiger partial charge in [0.2, 0.25) is 4.46 Å². The summed E-state index contributed by atoms with van der Waals surface area (Å²) < 4.78 is -1.47. The van der Waals surface area contributed by atoms with Gasteiger partial charge in [-0.15, -0.1) is 11.6 Å². The summed E-state index contributed by atoms with van der Waals surface area (Å²) >= 11 is 16.3. The lowest BCUT2D eigenvalue weighted by atomic mass is 10.6. The Bertz CT molecular complexity index is 138. The monoisotopic (exact) mass is 203 g/mol. The Morgan fingerprint density at radius 2 is 2.10 bits per heavy atom. The average molecular weight is 204 g/mol. The average Bonchev–Trinajstić information content (AvgIpc) is 1.86. The van der Waals surface area contributed by atoms with Crippen molar-refractivity contribution in [1.29, 1.82) is 0 Å². The molecule has 0 aliphatic carbocycles. The van der Waals surface area contributed by atoms with E-state index in [1.54, 1.807) is 0 Å². The van der Waals surface area contributed by atoms with Crippen LogP contribution in [-0.2, 0) is 0 Å². The molecule has 0 heterocycles. The van der Waals surface area contributed by atoms with E-state index in [9.17, 15) is 4.79 Å². The third-order valence-corrected chi connectivity index (χ3v) is 2.39. The molecular weight excluding hydrogens is 198 g/mol. The highest BCUT2D eigenvalue weighted by atomic mass is 35.5. The van der Waals surface area contributed by atoms with E-state index in [-0.39, 0.29) is 5.88 Å². The number of nitrogens with zero attached hydrogens (tertiary/aromatic N) is 1. The maximum Gasteiger partial charge on any atom is 0.338 e. The van der Waals surface area contributed by atoms with E-state index in [1.165, 1.54) is 7.05 Å². The van der Waals surface area contributed by atoms with Crippen LogP contribution >= 0.6 is 34.8 Å². The van der Waals surface area contributed by atoms with Crippen LogP contribution in [0.5, 0.6) is 0 Å².